The van der Waals surface area contributed by atoms with E-state index >= 15 is 0 Å². The predicted molar refractivity (Wildman–Crippen MR) is 154 cm³/mol. The van der Waals surface area contributed by atoms with E-state index in [9.17, 15) is 9.18 Å². The highest BCUT2D eigenvalue weighted by atomic mass is 19.1. The minimum absolute atomic E-state index is 0.0246. The molecule has 0 aromatic heterocycles. The average molecular weight is 526 g/mol. The molecule has 2 atom stereocenters. The molecule has 0 saturated carbocycles. The fraction of sp³-hybridized carbons (Fsp3) is 0.265. The van der Waals surface area contributed by atoms with E-state index in [1.54, 1.807) is 19.2 Å². The van der Waals surface area contributed by atoms with Crippen molar-refractivity contribution in [2.45, 2.75) is 44.6 Å². The van der Waals surface area contributed by atoms with Crippen molar-refractivity contribution >= 4 is 5.91 Å². The zero-order valence-corrected chi connectivity index (χ0v) is 22.8. The first-order valence-corrected chi connectivity index (χ1v) is 13.4. The molecule has 4 nitrogen and oxygen atoms in total. The molecule has 39 heavy (non-hydrogen) atoms. The normalized spacial score (nSPS) is 12.5. The summed E-state index contributed by atoms with van der Waals surface area (Å²) in [4.78, 5) is 13.2. The molecule has 0 bridgehead atoms. The van der Waals surface area contributed by atoms with Crippen LogP contribution >= 0.6 is 0 Å². The number of ether oxygens (including phenoxy) is 2. The van der Waals surface area contributed by atoms with E-state index in [0.717, 1.165) is 33.8 Å². The lowest BCUT2D eigenvalue weighted by atomic mass is 9.87. The van der Waals surface area contributed by atoms with Crippen molar-refractivity contribution < 1.29 is 18.7 Å². The van der Waals surface area contributed by atoms with Gasteiger partial charge in [0.15, 0.2) is 0 Å². The van der Waals surface area contributed by atoms with Crippen LogP contribution in [0.4, 0.5) is 4.39 Å². The Morgan fingerprint density at radius 2 is 1.36 bits per heavy atom. The summed E-state index contributed by atoms with van der Waals surface area (Å²) >= 11 is 0. The SMILES string of the molecule is COc1ccccc1[C@@H](CCNC(=O)C[C@@H](c1ccccc1)c1ccc(F)cc1)c1ccc(OC(C)C)cc1. The highest BCUT2D eigenvalue weighted by molar-refractivity contribution is 5.77. The topological polar surface area (TPSA) is 47.6 Å². The maximum atomic E-state index is 13.6. The highest BCUT2D eigenvalue weighted by Crippen LogP contribution is 2.35. The maximum absolute atomic E-state index is 13.6. The molecule has 0 fully saturated rings. The molecule has 4 rings (SSSR count). The fourth-order valence-electron chi connectivity index (χ4n) is 4.93. The van der Waals surface area contributed by atoms with Gasteiger partial charge in [0.25, 0.3) is 0 Å². The summed E-state index contributed by atoms with van der Waals surface area (Å²) in [5, 5.41) is 3.13. The van der Waals surface area contributed by atoms with Crippen LogP contribution in [0.1, 0.15) is 60.8 Å². The number of hydrogen-bond donors (Lipinski definition) is 1. The van der Waals surface area contributed by atoms with Crippen LogP contribution in [0.15, 0.2) is 103 Å². The Labute approximate surface area is 230 Å². The van der Waals surface area contributed by atoms with Crippen LogP contribution < -0.4 is 14.8 Å². The van der Waals surface area contributed by atoms with Crippen molar-refractivity contribution in [1.29, 1.82) is 0 Å². The van der Waals surface area contributed by atoms with Gasteiger partial charge in [-0.05, 0) is 67.3 Å². The predicted octanol–water partition coefficient (Wildman–Crippen LogP) is 7.48. The number of carbonyl (C=O) groups excluding carboxylic acids is 1. The second kappa shape index (κ2) is 13.6. The van der Waals surface area contributed by atoms with Gasteiger partial charge in [0.2, 0.25) is 5.91 Å². The molecule has 0 spiro atoms. The molecule has 1 N–H and O–H groups in total. The van der Waals surface area contributed by atoms with Crippen LogP contribution in [-0.2, 0) is 4.79 Å². The lowest BCUT2D eigenvalue weighted by molar-refractivity contribution is -0.121. The Bertz CT molecular complexity index is 1320. The molecule has 0 saturated heterocycles. The summed E-state index contributed by atoms with van der Waals surface area (Å²) in [6, 6.07) is 32.4. The van der Waals surface area contributed by atoms with Gasteiger partial charge < -0.3 is 14.8 Å². The second-order valence-electron chi connectivity index (χ2n) is 9.89. The van der Waals surface area contributed by atoms with Gasteiger partial charge in [-0.15, -0.1) is 0 Å². The molecule has 0 aliphatic heterocycles. The molecular weight excluding hydrogens is 489 g/mol. The monoisotopic (exact) mass is 525 g/mol. The van der Waals surface area contributed by atoms with E-state index in [2.05, 4.69) is 23.5 Å². The van der Waals surface area contributed by atoms with Gasteiger partial charge >= 0.3 is 0 Å². The third kappa shape index (κ3) is 7.70. The smallest absolute Gasteiger partial charge is 0.220 e. The average Bonchev–Trinajstić information content (AvgIpc) is 2.95. The Morgan fingerprint density at radius 3 is 2.03 bits per heavy atom. The summed E-state index contributed by atoms with van der Waals surface area (Å²) in [5.41, 5.74) is 4.13. The Morgan fingerprint density at radius 1 is 0.769 bits per heavy atom. The largest absolute Gasteiger partial charge is 0.496 e. The van der Waals surface area contributed by atoms with Crippen LogP contribution in [0, 0.1) is 5.82 Å². The van der Waals surface area contributed by atoms with Crippen molar-refractivity contribution in [2.75, 3.05) is 13.7 Å². The minimum atomic E-state index is -0.291. The number of benzene rings is 4. The molecule has 5 heteroatoms. The molecule has 0 aliphatic rings. The van der Waals surface area contributed by atoms with Gasteiger partial charge in [0, 0.05) is 30.4 Å². The van der Waals surface area contributed by atoms with Crippen molar-refractivity contribution in [3.8, 4) is 11.5 Å². The molecule has 0 unspecified atom stereocenters. The molecule has 0 radical (unpaired) electrons. The van der Waals surface area contributed by atoms with Gasteiger partial charge in [-0.25, -0.2) is 4.39 Å². The standard InChI is InChI=1S/C34H36FNO3/c1-24(2)39-29-19-15-26(16-20-29)30(31-11-7-8-12-33(31)38-3)21-22-36-34(37)23-32(25-9-5-4-6-10-25)27-13-17-28(35)18-14-27/h4-20,24,30,32H,21-23H2,1-3H3,(H,36,37)/t30-,32-/m0/s1. The maximum Gasteiger partial charge on any atom is 0.220 e. The number of amides is 1. The number of rotatable bonds is 12. The first-order chi connectivity index (χ1) is 18.9. The van der Waals surface area contributed by atoms with E-state index < -0.39 is 0 Å². The summed E-state index contributed by atoms with van der Waals surface area (Å²) in [6.07, 6.45) is 1.07. The minimum Gasteiger partial charge on any atom is -0.496 e. The highest BCUT2D eigenvalue weighted by Gasteiger charge is 2.21. The van der Waals surface area contributed by atoms with Crippen LogP contribution in [0.5, 0.6) is 11.5 Å². The molecule has 0 aliphatic carbocycles. The first kappa shape index (κ1) is 27.9. The summed E-state index contributed by atoms with van der Waals surface area (Å²) in [6.45, 7) is 4.51. The quantitative estimate of drug-likeness (QED) is 0.209. The zero-order chi connectivity index (χ0) is 27.6. The molecular formula is C34H36FNO3. The van der Waals surface area contributed by atoms with E-state index in [4.69, 9.17) is 9.47 Å². The molecule has 4 aromatic carbocycles. The van der Waals surface area contributed by atoms with Crippen molar-refractivity contribution in [2.24, 2.45) is 0 Å². The lowest BCUT2D eigenvalue weighted by Gasteiger charge is -2.22. The summed E-state index contributed by atoms with van der Waals surface area (Å²) in [7, 11) is 1.68. The number of methoxy groups -OCH3 is 1. The molecule has 1 amide bonds. The Hall–Kier alpha value is -4.12. The van der Waals surface area contributed by atoms with Crippen LogP contribution in [0.2, 0.25) is 0 Å². The number of halogens is 1. The van der Waals surface area contributed by atoms with E-state index in [1.165, 1.54) is 12.1 Å². The van der Waals surface area contributed by atoms with Gasteiger partial charge in [-0.3, -0.25) is 4.79 Å². The van der Waals surface area contributed by atoms with Gasteiger partial charge in [0.1, 0.15) is 17.3 Å². The van der Waals surface area contributed by atoms with Crippen LogP contribution in [0.3, 0.4) is 0 Å². The van der Waals surface area contributed by atoms with Crippen molar-refractivity contribution in [3.05, 3.63) is 131 Å². The summed E-state index contributed by atoms with van der Waals surface area (Å²) in [5.74, 6) is 1.17. The van der Waals surface area contributed by atoms with Crippen molar-refractivity contribution in [1.82, 2.24) is 5.32 Å². The Balaban J connectivity index is 1.49. The fourth-order valence-corrected chi connectivity index (χ4v) is 4.93. The van der Waals surface area contributed by atoms with Crippen LogP contribution in [-0.4, -0.2) is 25.7 Å². The van der Waals surface area contributed by atoms with E-state index in [1.807, 2.05) is 74.5 Å². The molecule has 4 aromatic rings. The van der Waals surface area contributed by atoms with Gasteiger partial charge in [-0.1, -0.05) is 72.8 Å². The number of para-hydroxylation sites is 1. The van der Waals surface area contributed by atoms with E-state index in [-0.39, 0.29) is 36.1 Å². The second-order valence-corrected chi connectivity index (χ2v) is 9.89. The lowest BCUT2D eigenvalue weighted by Crippen LogP contribution is -2.27. The third-order valence-electron chi connectivity index (χ3n) is 6.79. The number of carbonyl (C=O) groups is 1. The van der Waals surface area contributed by atoms with Gasteiger partial charge in [0.05, 0.1) is 13.2 Å². The first-order valence-electron chi connectivity index (χ1n) is 13.4. The zero-order valence-electron chi connectivity index (χ0n) is 22.8. The molecule has 202 valence electrons. The third-order valence-corrected chi connectivity index (χ3v) is 6.79. The summed E-state index contributed by atoms with van der Waals surface area (Å²) < 4.78 is 25.1. The van der Waals surface area contributed by atoms with E-state index in [0.29, 0.717) is 13.0 Å². The van der Waals surface area contributed by atoms with Crippen molar-refractivity contribution in [3.63, 3.8) is 0 Å². The van der Waals surface area contributed by atoms with Gasteiger partial charge in [-0.2, -0.15) is 0 Å². The van der Waals surface area contributed by atoms with Crippen LogP contribution in [0.25, 0.3) is 0 Å². The molecule has 0 heterocycles. The Kier molecular flexibility index (Phi) is 9.74. The number of nitrogens with one attached hydrogen (secondary N) is 1. The number of hydrogen-bond acceptors (Lipinski definition) is 3.